The first-order chi connectivity index (χ1) is 33.1. The van der Waals surface area contributed by atoms with Crippen molar-refractivity contribution in [2.24, 2.45) is 14.1 Å². The van der Waals surface area contributed by atoms with Crippen LogP contribution in [-0.2, 0) is 50.7 Å². The number of methoxy groups -OCH3 is 1. The molecule has 6 aromatic rings. The van der Waals surface area contributed by atoms with E-state index in [4.69, 9.17) is 33.5 Å². The summed E-state index contributed by atoms with van der Waals surface area (Å²) in [6, 6.07) is 17.6. The van der Waals surface area contributed by atoms with Gasteiger partial charge in [0.25, 0.3) is 11.1 Å². The number of carbonyl (C=O) groups is 2. The molecule has 372 valence electrons. The van der Waals surface area contributed by atoms with Gasteiger partial charge in [0.05, 0.1) is 60.3 Å². The maximum Gasteiger partial charge on any atom is 0.341 e. The topological polar surface area (TPSA) is 194 Å². The molecule has 0 aliphatic carbocycles. The zero-order valence-corrected chi connectivity index (χ0v) is 41.9. The van der Waals surface area contributed by atoms with Crippen LogP contribution < -0.4 is 25.3 Å². The number of nitrogens with zero attached hydrogens (tertiary/aromatic N) is 2. The third-order valence-electron chi connectivity index (χ3n) is 12.6. The number of hydrogen-bond acceptors (Lipinski definition) is 12. The van der Waals surface area contributed by atoms with Crippen LogP contribution in [0.4, 0.5) is 0 Å². The molecule has 4 aromatic carbocycles. The van der Waals surface area contributed by atoms with Crippen molar-refractivity contribution >= 4 is 33.5 Å². The lowest BCUT2D eigenvalue weighted by molar-refractivity contribution is -0.165. The Hall–Kier alpha value is -6.68. The van der Waals surface area contributed by atoms with Crippen LogP contribution in [-0.4, -0.2) is 81.1 Å². The van der Waals surface area contributed by atoms with Gasteiger partial charge in [-0.25, -0.2) is 9.59 Å². The molecule has 3 N–H and O–H groups in total. The molecular weight excluding hydrogens is 897 g/mol. The number of hydrogen-bond donors (Lipinski definition) is 3. The molecule has 8 rings (SSSR count). The Kier molecular flexibility index (Phi) is 14.9. The van der Waals surface area contributed by atoms with Crippen LogP contribution in [0, 0.1) is 13.8 Å². The molecule has 15 nitrogen and oxygen atoms in total. The quantitative estimate of drug-likeness (QED) is 0.105. The second kappa shape index (κ2) is 20.3. The predicted octanol–water partition coefficient (Wildman–Crippen LogP) is 8.72. The Morgan fingerprint density at radius 1 is 0.686 bits per heavy atom. The zero-order valence-electron chi connectivity index (χ0n) is 41.9. The number of carboxylic acids is 1. The standard InChI is InChI=1S/C28H33NO7.C27H31NO6/c1-16-18-7-6-13-35-22(18)11-10-19(16)23-20-9-8-17(34-14-12-30)15-21(20)26(31)29(5)24(23)25(27(32)33)36-28(2,3)4;1-15-17-8-7-13-33-21(17)12-11-18(15)22-19-10-9-16(29)14-20(19)25(30)28(5)23(22)24(26(31)32-6)34-27(2,3)4/h8-11,15,25,30H,6-7,12-14H2,1-5H3,(H,32,33);9-12,14,24,29H,7-8,13H2,1-6H3. The number of aromatic nitrogens is 2. The number of aliphatic hydroxyl groups is 1. The summed E-state index contributed by atoms with van der Waals surface area (Å²) in [5.41, 5.74) is 5.74. The van der Waals surface area contributed by atoms with Crippen molar-refractivity contribution < 1.29 is 53.3 Å². The van der Waals surface area contributed by atoms with E-state index in [1.54, 1.807) is 65.2 Å². The highest BCUT2D eigenvalue weighted by Gasteiger charge is 2.36. The number of carbonyl (C=O) groups excluding carboxylic acids is 1. The largest absolute Gasteiger partial charge is 0.508 e. The molecule has 2 aromatic heterocycles. The molecule has 70 heavy (non-hydrogen) atoms. The number of ether oxygens (including phenoxy) is 6. The van der Waals surface area contributed by atoms with Crippen molar-refractivity contribution in [1.29, 1.82) is 0 Å². The lowest BCUT2D eigenvalue weighted by Gasteiger charge is -2.30. The fourth-order valence-electron chi connectivity index (χ4n) is 9.48. The molecule has 2 atom stereocenters. The average molecular weight is 961 g/mol. The van der Waals surface area contributed by atoms with Crippen LogP contribution in [0.25, 0.3) is 43.8 Å². The third kappa shape index (κ3) is 10.3. The molecule has 0 amide bonds. The number of phenols is 1. The lowest BCUT2D eigenvalue weighted by Crippen LogP contribution is -2.33. The first-order valence-corrected chi connectivity index (χ1v) is 23.5. The number of rotatable bonds is 11. The Labute approximate surface area is 407 Å². The molecule has 0 saturated heterocycles. The van der Waals surface area contributed by atoms with Gasteiger partial charge in [0, 0.05) is 25.2 Å². The third-order valence-corrected chi connectivity index (χ3v) is 12.6. The van der Waals surface area contributed by atoms with Crippen molar-refractivity contribution in [2.75, 3.05) is 33.5 Å². The van der Waals surface area contributed by atoms with E-state index < -0.39 is 35.3 Å². The van der Waals surface area contributed by atoms with Crippen molar-refractivity contribution in [3.05, 3.63) is 115 Å². The van der Waals surface area contributed by atoms with Gasteiger partial charge in [0.2, 0.25) is 0 Å². The van der Waals surface area contributed by atoms with Gasteiger partial charge in [-0.3, -0.25) is 9.59 Å². The van der Waals surface area contributed by atoms with Crippen LogP contribution in [0.5, 0.6) is 23.0 Å². The summed E-state index contributed by atoms with van der Waals surface area (Å²) in [7, 11) is 4.49. The zero-order chi connectivity index (χ0) is 51.0. The molecule has 0 fully saturated rings. The van der Waals surface area contributed by atoms with E-state index in [9.17, 15) is 29.4 Å². The normalized spacial score (nSPS) is 14.3. The van der Waals surface area contributed by atoms with Gasteiger partial charge in [-0.05, 0) is 174 Å². The van der Waals surface area contributed by atoms with Crippen LogP contribution in [0.3, 0.4) is 0 Å². The van der Waals surface area contributed by atoms with E-state index in [1.807, 2.05) is 58.9 Å². The Bertz CT molecular complexity index is 3120. The van der Waals surface area contributed by atoms with Gasteiger partial charge in [-0.2, -0.15) is 0 Å². The van der Waals surface area contributed by atoms with Crippen molar-refractivity contribution in [2.45, 2.75) is 104 Å². The van der Waals surface area contributed by atoms with E-state index >= 15 is 0 Å². The summed E-state index contributed by atoms with van der Waals surface area (Å²) in [6.07, 6.45) is 1.04. The van der Waals surface area contributed by atoms with E-state index in [0.717, 1.165) is 70.6 Å². The molecule has 2 aliphatic rings. The highest BCUT2D eigenvalue weighted by Crippen LogP contribution is 2.44. The highest BCUT2D eigenvalue weighted by atomic mass is 16.6. The smallest absolute Gasteiger partial charge is 0.341 e. The van der Waals surface area contributed by atoms with Gasteiger partial charge < -0.3 is 52.9 Å². The maximum absolute atomic E-state index is 13.6. The number of aromatic hydroxyl groups is 1. The van der Waals surface area contributed by atoms with Crippen molar-refractivity contribution in [3.8, 4) is 45.3 Å². The summed E-state index contributed by atoms with van der Waals surface area (Å²) < 4.78 is 37.4. The number of phenolic OH excluding ortho intramolecular Hbond substituents is 1. The van der Waals surface area contributed by atoms with Gasteiger partial charge in [-0.1, -0.05) is 12.1 Å². The minimum atomic E-state index is -1.38. The van der Waals surface area contributed by atoms with E-state index in [-0.39, 0.29) is 35.8 Å². The molecule has 0 radical (unpaired) electrons. The van der Waals surface area contributed by atoms with Crippen LogP contribution in [0.1, 0.15) is 100 Å². The van der Waals surface area contributed by atoms with E-state index in [1.165, 1.54) is 22.3 Å². The van der Waals surface area contributed by atoms with Crippen LogP contribution in [0.15, 0.2) is 70.3 Å². The molecule has 2 aliphatic heterocycles. The number of aliphatic carboxylic acids is 1. The average Bonchev–Trinajstić information content (AvgIpc) is 3.32. The predicted molar refractivity (Wildman–Crippen MR) is 267 cm³/mol. The Morgan fingerprint density at radius 2 is 1.16 bits per heavy atom. The monoisotopic (exact) mass is 960 g/mol. The molecule has 4 heterocycles. The number of carboxylic acid groups (broad SMARTS) is 1. The maximum atomic E-state index is 13.6. The minimum absolute atomic E-state index is 0.00526. The first-order valence-electron chi connectivity index (χ1n) is 23.5. The van der Waals surface area contributed by atoms with Crippen LogP contribution >= 0.6 is 0 Å². The summed E-state index contributed by atoms with van der Waals surface area (Å²) in [5, 5.41) is 31.5. The molecule has 2 unspecified atom stereocenters. The second-order valence-electron chi connectivity index (χ2n) is 19.7. The summed E-state index contributed by atoms with van der Waals surface area (Å²) >= 11 is 0. The SMILES string of the molecule is COC(=O)C(OC(C)(C)C)c1c(-c2ccc3c(c2C)CCCO3)c2ccc(O)cc2c(=O)n1C.Cc1c(-c2c(C(OC(C)(C)C)C(=O)O)n(C)c(=O)c3cc(OCCO)ccc23)ccc2c1CCCO2. The van der Waals surface area contributed by atoms with Crippen molar-refractivity contribution in [3.63, 3.8) is 0 Å². The summed E-state index contributed by atoms with van der Waals surface area (Å²) in [5.74, 6) is 0.360. The van der Waals surface area contributed by atoms with Gasteiger partial charge >= 0.3 is 11.9 Å². The number of fused-ring (bicyclic) bond motifs is 4. The summed E-state index contributed by atoms with van der Waals surface area (Å²) in [6.45, 7) is 16.2. The fourth-order valence-corrected chi connectivity index (χ4v) is 9.48. The van der Waals surface area contributed by atoms with Crippen LogP contribution in [0.2, 0.25) is 0 Å². The minimum Gasteiger partial charge on any atom is -0.508 e. The Balaban J connectivity index is 0.000000207. The van der Waals surface area contributed by atoms with Gasteiger partial charge in [0.15, 0.2) is 12.2 Å². The second-order valence-corrected chi connectivity index (χ2v) is 19.7. The van der Waals surface area contributed by atoms with E-state index in [2.05, 4.69) is 0 Å². The number of esters is 1. The fraction of sp³-hybridized carbons (Fsp3) is 0.418. The van der Waals surface area contributed by atoms with Crippen molar-refractivity contribution in [1.82, 2.24) is 9.13 Å². The summed E-state index contributed by atoms with van der Waals surface area (Å²) in [4.78, 5) is 52.5. The molecule has 15 heteroatoms. The van der Waals surface area contributed by atoms with Gasteiger partial charge in [-0.15, -0.1) is 0 Å². The number of pyridine rings is 2. The van der Waals surface area contributed by atoms with E-state index in [0.29, 0.717) is 57.3 Å². The molecule has 0 spiro atoms. The molecular formula is C55H64N2O13. The number of benzene rings is 4. The van der Waals surface area contributed by atoms with Gasteiger partial charge in [0.1, 0.15) is 29.6 Å². The highest BCUT2D eigenvalue weighted by molar-refractivity contribution is 6.02. The molecule has 0 saturated carbocycles. The first kappa shape index (κ1) is 51.2. The molecule has 0 bridgehead atoms. The Morgan fingerprint density at radius 3 is 1.63 bits per heavy atom. The lowest BCUT2D eigenvalue weighted by atomic mass is 9.88. The number of aliphatic hydroxyl groups excluding tert-OH is 1.